The number of carbonyl (C=O) groups excluding carboxylic acids is 2. The number of aromatic nitrogens is 1. The third kappa shape index (κ3) is 4.86. The molecule has 2 heterocycles. The van der Waals surface area contributed by atoms with Crippen LogP contribution in [0.3, 0.4) is 0 Å². The number of ether oxygens (including phenoxy) is 2. The number of rotatable bonds is 7. The van der Waals surface area contributed by atoms with Crippen molar-refractivity contribution in [2.24, 2.45) is 5.18 Å². The van der Waals surface area contributed by atoms with Gasteiger partial charge in [-0.05, 0) is 23.7 Å². The van der Waals surface area contributed by atoms with Crippen molar-refractivity contribution >= 4 is 39.0 Å². The molecule has 2 aromatic rings. The van der Waals surface area contributed by atoms with Gasteiger partial charge in [0.15, 0.2) is 10.1 Å². The summed E-state index contributed by atoms with van der Waals surface area (Å²) in [6.07, 6.45) is 2.32. The van der Waals surface area contributed by atoms with Gasteiger partial charge in [0.2, 0.25) is 0 Å². The normalized spacial score (nSPS) is 16.0. The fraction of sp³-hybridized carbons (Fsp3) is 0.353. The topological polar surface area (TPSA) is 119 Å². The van der Waals surface area contributed by atoms with E-state index in [1.54, 1.807) is 25.1 Å². The molecule has 142 valence electrons. The number of amides is 1. The Bertz CT molecular complexity index is 848. The van der Waals surface area contributed by atoms with Crippen LogP contribution < -0.4 is 15.4 Å². The second kappa shape index (κ2) is 8.69. The summed E-state index contributed by atoms with van der Waals surface area (Å²) in [7, 11) is 0. The first kappa shape index (κ1) is 18.9. The summed E-state index contributed by atoms with van der Waals surface area (Å²) in [6, 6.07) is 5.08. The Morgan fingerprint density at radius 2 is 2.30 bits per heavy atom. The van der Waals surface area contributed by atoms with Crippen LogP contribution in [0.4, 0.5) is 15.8 Å². The second-order valence-corrected chi connectivity index (χ2v) is 6.80. The Morgan fingerprint density at radius 3 is 2.96 bits per heavy atom. The van der Waals surface area contributed by atoms with Gasteiger partial charge in [-0.1, -0.05) is 18.3 Å². The molecule has 1 aromatic heterocycles. The molecule has 0 aliphatic carbocycles. The third-order valence-corrected chi connectivity index (χ3v) is 4.63. The van der Waals surface area contributed by atoms with E-state index in [2.05, 4.69) is 20.8 Å². The number of nitroso groups, excluding NO2 is 1. The molecule has 0 radical (unpaired) electrons. The van der Waals surface area contributed by atoms with Crippen LogP contribution in [0.15, 0.2) is 29.6 Å². The third-order valence-electron chi connectivity index (χ3n) is 3.84. The largest absolute Gasteiger partial charge is 0.426 e. The predicted molar refractivity (Wildman–Crippen MR) is 101 cm³/mol. The number of anilines is 2. The molecule has 1 fully saturated rings. The van der Waals surface area contributed by atoms with Gasteiger partial charge in [-0.15, -0.1) is 4.91 Å². The minimum absolute atomic E-state index is 0.147. The van der Waals surface area contributed by atoms with Crippen molar-refractivity contribution < 1.29 is 19.1 Å². The monoisotopic (exact) mass is 390 g/mol. The van der Waals surface area contributed by atoms with Crippen LogP contribution in [0.5, 0.6) is 5.75 Å². The minimum Gasteiger partial charge on any atom is -0.426 e. The number of hydrogen-bond donors (Lipinski definition) is 2. The van der Waals surface area contributed by atoms with E-state index in [0.717, 1.165) is 23.4 Å². The molecule has 27 heavy (non-hydrogen) atoms. The van der Waals surface area contributed by atoms with Crippen molar-refractivity contribution in [3.8, 4) is 5.75 Å². The molecule has 0 bridgehead atoms. The van der Waals surface area contributed by atoms with Gasteiger partial charge in [0.1, 0.15) is 5.75 Å². The van der Waals surface area contributed by atoms with Crippen LogP contribution in [0.2, 0.25) is 0 Å². The first-order chi connectivity index (χ1) is 13.1. The first-order valence-electron chi connectivity index (χ1n) is 8.38. The van der Waals surface area contributed by atoms with E-state index in [1.165, 1.54) is 6.20 Å². The highest BCUT2D eigenvalue weighted by Crippen LogP contribution is 2.29. The number of thiazole rings is 1. The van der Waals surface area contributed by atoms with Gasteiger partial charge >= 0.3 is 5.97 Å². The Kier molecular flexibility index (Phi) is 6.09. The lowest BCUT2D eigenvalue weighted by atomic mass is 10.1. The van der Waals surface area contributed by atoms with Gasteiger partial charge in [-0.25, -0.2) is 4.98 Å². The average molecular weight is 390 g/mol. The fourth-order valence-corrected chi connectivity index (χ4v) is 3.08. The summed E-state index contributed by atoms with van der Waals surface area (Å²) in [5, 5.41) is 9.02. The molecule has 0 saturated carbocycles. The molecule has 3 rings (SSSR count). The number of hydrogen-bond acceptors (Lipinski definition) is 9. The second-order valence-electron chi connectivity index (χ2n) is 5.79. The van der Waals surface area contributed by atoms with Gasteiger partial charge in [0, 0.05) is 24.8 Å². The highest BCUT2D eigenvalue weighted by Gasteiger charge is 2.20. The Morgan fingerprint density at radius 1 is 1.44 bits per heavy atom. The van der Waals surface area contributed by atoms with E-state index in [0.29, 0.717) is 13.2 Å². The lowest BCUT2D eigenvalue weighted by molar-refractivity contribution is -0.134. The van der Waals surface area contributed by atoms with E-state index in [9.17, 15) is 14.5 Å². The van der Waals surface area contributed by atoms with Crippen molar-refractivity contribution in [3.05, 3.63) is 34.9 Å². The lowest BCUT2D eigenvalue weighted by Crippen LogP contribution is -2.20. The zero-order valence-electron chi connectivity index (χ0n) is 14.6. The standard InChI is InChI=1S/C17H18N4O5S/c1-2-15(22)26-13-7-10(19-11-5-6-25-9-11)3-4-12(13)16(23)20-17-18-8-14(21-24)27-17/h3-4,7-8,11,19H,2,5-6,9H2,1H3,(H,18,20,23). The summed E-state index contributed by atoms with van der Waals surface area (Å²) < 4.78 is 10.7. The van der Waals surface area contributed by atoms with Gasteiger partial charge in [0.25, 0.3) is 5.91 Å². The van der Waals surface area contributed by atoms with Crippen LogP contribution in [0.25, 0.3) is 0 Å². The summed E-state index contributed by atoms with van der Waals surface area (Å²) in [6.45, 7) is 2.97. The summed E-state index contributed by atoms with van der Waals surface area (Å²) in [4.78, 5) is 38.7. The molecule has 10 heteroatoms. The van der Waals surface area contributed by atoms with Crippen LogP contribution in [0.1, 0.15) is 30.1 Å². The Balaban J connectivity index is 1.81. The highest BCUT2D eigenvalue weighted by molar-refractivity contribution is 7.19. The fourth-order valence-electron chi connectivity index (χ4n) is 2.49. The SMILES string of the molecule is CCC(=O)Oc1cc(NC2CCOC2)ccc1C(=O)Nc1ncc(N=O)s1. The molecule has 0 spiro atoms. The van der Waals surface area contributed by atoms with Gasteiger partial charge in [0.05, 0.1) is 24.4 Å². The number of nitrogens with zero attached hydrogens (tertiary/aromatic N) is 2. The maximum Gasteiger partial charge on any atom is 0.310 e. The van der Waals surface area contributed by atoms with Crippen molar-refractivity contribution in [2.45, 2.75) is 25.8 Å². The van der Waals surface area contributed by atoms with E-state index in [4.69, 9.17) is 9.47 Å². The van der Waals surface area contributed by atoms with E-state index < -0.39 is 11.9 Å². The molecule has 1 saturated heterocycles. The maximum absolute atomic E-state index is 12.6. The zero-order chi connectivity index (χ0) is 19.2. The summed E-state index contributed by atoms with van der Waals surface area (Å²) in [5.41, 5.74) is 0.906. The molecule has 2 N–H and O–H groups in total. The number of nitrogens with one attached hydrogen (secondary N) is 2. The number of carbonyl (C=O) groups is 2. The zero-order valence-corrected chi connectivity index (χ0v) is 15.4. The van der Waals surface area contributed by atoms with Crippen LogP contribution in [-0.2, 0) is 9.53 Å². The van der Waals surface area contributed by atoms with Gasteiger partial charge < -0.3 is 14.8 Å². The lowest BCUT2D eigenvalue weighted by Gasteiger charge is -2.15. The average Bonchev–Trinajstić information content (AvgIpc) is 3.33. The Hall–Kier alpha value is -2.85. The molecule has 1 amide bonds. The molecule has 1 aromatic carbocycles. The van der Waals surface area contributed by atoms with E-state index >= 15 is 0 Å². The van der Waals surface area contributed by atoms with Gasteiger partial charge in [-0.2, -0.15) is 0 Å². The molecule has 1 aliphatic heterocycles. The summed E-state index contributed by atoms with van der Waals surface area (Å²) in [5.74, 6) is -0.808. The molecule has 1 aliphatic rings. The molecule has 9 nitrogen and oxygen atoms in total. The van der Waals surface area contributed by atoms with E-state index in [1.807, 2.05) is 0 Å². The van der Waals surface area contributed by atoms with Crippen LogP contribution in [0, 0.1) is 4.91 Å². The molecule has 1 unspecified atom stereocenters. The minimum atomic E-state index is -0.503. The molecular formula is C17H18N4O5S. The smallest absolute Gasteiger partial charge is 0.310 e. The van der Waals surface area contributed by atoms with Crippen LogP contribution in [-0.4, -0.2) is 36.1 Å². The molecule has 1 atom stereocenters. The quantitative estimate of drug-likeness (QED) is 0.423. The van der Waals surface area contributed by atoms with Gasteiger partial charge in [-0.3, -0.25) is 14.9 Å². The first-order valence-corrected chi connectivity index (χ1v) is 9.20. The van der Waals surface area contributed by atoms with Crippen molar-refractivity contribution in [2.75, 3.05) is 23.8 Å². The number of esters is 1. The highest BCUT2D eigenvalue weighted by atomic mass is 32.1. The van der Waals surface area contributed by atoms with E-state index in [-0.39, 0.29) is 33.9 Å². The predicted octanol–water partition coefficient (Wildman–Crippen LogP) is 3.31. The van der Waals surface area contributed by atoms with Crippen molar-refractivity contribution in [1.82, 2.24) is 4.98 Å². The number of benzene rings is 1. The Labute approximate surface area is 159 Å². The summed E-state index contributed by atoms with van der Waals surface area (Å²) >= 11 is 0.948. The maximum atomic E-state index is 12.6. The van der Waals surface area contributed by atoms with Crippen molar-refractivity contribution in [3.63, 3.8) is 0 Å². The van der Waals surface area contributed by atoms with Crippen molar-refractivity contribution in [1.29, 1.82) is 0 Å². The van der Waals surface area contributed by atoms with Crippen LogP contribution >= 0.6 is 11.3 Å². The molecular weight excluding hydrogens is 372 g/mol.